The van der Waals surface area contributed by atoms with Crippen LogP contribution in [0.5, 0.6) is 0 Å². The van der Waals surface area contributed by atoms with Gasteiger partial charge in [0.25, 0.3) is 0 Å². The first kappa shape index (κ1) is 16.4. The van der Waals surface area contributed by atoms with Gasteiger partial charge in [0, 0.05) is 9.50 Å². The molecule has 19 heavy (non-hydrogen) atoms. The smallest absolute Gasteiger partial charge is 0.336 e. The van der Waals surface area contributed by atoms with Crippen LogP contribution in [-0.2, 0) is 14.8 Å². The van der Waals surface area contributed by atoms with Crippen molar-refractivity contribution in [1.82, 2.24) is 4.72 Å². The number of aliphatic carboxylic acids is 1. The molecule has 0 spiro atoms. The van der Waals surface area contributed by atoms with Gasteiger partial charge in [0.1, 0.15) is 0 Å². The Kier molecular flexibility index (Phi) is 4.97. The maximum absolute atomic E-state index is 11.9. The van der Waals surface area contributed by atoms with E-state index < -0.39 is 28.1 Å². The molecule has 3 N–H and O–H groups in total. The number of halogens is 2. The van der Waals surface area contributed by atoms with Gasteiger partial charge in [-0.3, -0.25) is 0 Å². The van der Waals surface area contributed by atoms with Crippen LogP contribution in [0.1, 0.15) is 6.92 Å². The standard InChI is InChI=1S/C10H11BrClNO5S/c1-10(16,9(14)15)5-13-19(17,18)8-3-2-6(12)4-7(8)11/h2-4,13,16H,5H2,1H3,(H,14,15). The van der Waals surface area contributed by atoms with Gasteiger partial charge in [-0.25, -0.2) is 17.9 Å². The molecule has 1 unspecified atom stereocenters. The number of hydrogen-bond donors (Lipinski definition) is 3. The normalized spacial score (nSPS) is 14.9. The quantitative estimate of drug-likeness (QED) is 0.721. The van der Waals surface area contributed by atoms with E-state index in [0.717, 1.165) is 6.92 Å². The SMILES string of the molecule is CC(O)(CNS(=O)(=O)c1ccc(Cl)cc1Br)C(=O)O. The molecule has 1 rings (SSSR count). The second-order valence-electron chi connectivity index (χ2n) is 3.98. The molecule has 0 heterocycles. The van der Waals surface area contributed by atoms with Gasteiger partial charge in [0.05, 0.1) is 11.4 Å². The molecule has 9 heteroatoms. The van der Waals surface area contributed by atoms with E-state index >= 15 is 0 Å². The van der Waals surface area contributed by atoms with Crippen molar-refractivity contribution in [2.45, 2.75) is 17.4 Å². The minimum absolute atomic E-state index is 0.0990. The summed E-state index contributed by atoms with van der Waals surface area (Å²) in [4.78, 5) is 10.6. The molecule has 0 aliphatic carbocycles. The number of carboxylic acids is 1. The number of nitrogens with one attached hydrogen (secondary N) is 1. The van der Waals surface area contributed by atoms with E-state index in [9.17, 15) is 18.3 Å². The van der Waals surface area contributed by atoms with Gasteiger partial charge in [-0.05, 0) is 41.1 Å². The van der Waals surface area contributed by atoms with Crippen LogP contribution in [0.4, 0.5) is 0 Å². The van der Waals surface area contributed by atoms with Crippen LogP contribution >= 0.6 is 27.5 Å². The number of carbonyl (C=O) groups is 1. The fourth-order valence-electron chi connectivity index (χ4n) is 1.08. The van der Waals surface area contributed by atoms with Crippen molar-refractivity contribution >= 4 is 43.5 Å². The molecule has 106 valence electrons. The molecule has 0 saturated carbocycles. The summed E-state index contributed by atoms with van der Waals surface area (Å²) in [5.74, 6) is -1.52. The van der Waals surface area contributed by atoms with E-state index in [1.807, 2.05) is 4.72 Å². The summed E-state index contributed by atoms with van der Waals surface area (Å²) in [6.07, 6.45) is 0. The van der Waals surface area contributed by atoms with Crippen molar-refractivity contribution in [3.8, 4) is 0 Å². The van der Waals surface area contributed by atoms with Crippen molar-refractivity contribution in [3.05, 3.63) is 27.7 Å². The number of carboxylic acid groups (broad SMARTS) is 1. The molecular weight excluding hydrogens is 362 g/mol. The second kappa shape index (κ2) is 5.76. The Morgan fingerprint density at radius 1 is 1.53 bits per heavy atom. The minimum atomic E-state index is -3.95. The molecule has 0 saturated heterocycles. The Balaban J connectivity index is 2.97. The van der Waals surface area contributed by atoms with Gasteiger partial charge in [-0.15, -0.1) is 0 Å². The Morgan fingerprint density at radius 3 is 2.58 bits per heavy atom. The zero-order chi connectivity index (χ0) is 14.8. The second-order valence-corrected chi connectivity index (χ2v) is 7.00. The molecule has 1 atom stereocenters. The average molecular weight is 373 g/mol. The average Bonchev–Trinajstić information content (AvgIpc) is 2.26. The molecule has 0 aliphatic heterocycles. The lowest BCUT2D eigenvalue weighted by Crippen LogP contribution is -2.46. The highest BCUT2D eigenvalue weighted by Gasteiger charge is 2.32. The number of hydrogen-bond acceptors (Lipinski definition) is 4. The lowest BCUT2D eigenvalue weighted by molar-refractivity contribution is -0.155. The topological polar surface area (TPSA) is 104 Å². The maximum atomic E-state index is 11.9. The Morgan fingerprint density at radius 2 is 2.11 bits per heavy atom. The molecule has 0 radical (unpaired) electrons. The minimum Gasteiger partial charge on any atom is -0.479 e. The van der Waals surface area contributed by atoms with Crippen LogP contribution in [0, 0.1) is 0 Å². The molecule has 0 fully saturated rings. The third kappa shape index (κ3) is 4.15. The molecule has 0 aliphatic rings. The number of benzene rings is 1. The third-order valence-corrected chi connectivity index (χ3v) is 4.86. The third-order valence-electron chi connectivity index (χ3n) is 2.25. The predicted molar refractivity (Wildman–Crippen MR) is 72.6 cm³/mol. The fourth-order valence-corrected chi connectivity index (χ4v) is 3.59. The first-order chi connectivity index (χ1) is 8.56. The van der Waals surface area contributed by atoms with Crippen LogP contribution in [0.25, 0.3) is 0 Å². The van der Waals surface area contributed by atoms with E-state index in [-0.39, 0.29) is 9.37 Å². The maximum Gasteiger partial charge on any atom is 0.336 e. The van der Waals surface area contributed by atoms with Crippen LogP contribution in [0.15, 0.2) is 27.6 Å². The molecule has 1 aromatic carbocycles. The zero-order valence-electron chi connectivity index (χ0n) is 9.72. The monoisotopic (exact) mass is 371 g/mol. The summed E-state index contributed by atoms with van der Waals surface area (Å²) in [6.45, 7) is 0.342. The van der Waals surface area contributed by atoms with Crippen LogP contribution in [0.2, 0.25) is 5.02 Å². The first-order valence-electron chi connectivity index (χ1n) is 4.97. The highest BCUT2D eigenvalue weighted by atomic mass is 79.9. The Bertz CT molecular complexity index is 602. The summed E-state index contributed by atoms with van der Waals surface area (Å²) < 4.78 is 26.2. The molecular formula is C10H11BrClNO5S. The van der Waals surface area contributed by atoms with Crippen molar-refractivity contribution in [2.75, 3.05) is 6.54 Å². The molecule has 0 amide bonds. The lowest BCUT2D eigenvalue weighted by Gasteiger charge is -2.18. The van der Waals surface area contributed by atoms with Gasteiger partial charge in [-0.2, -0.15) is 0 Å². The van der Waals surface area contributed by atoms with Crippen molar-refractivity contribution in [2.24, 2.45) is 0 Å². The number of aliphatic hydroxyl groups is 1. The summed E-state index contributed by atoms with van der Waals surface area (Å²) >= 11 is 8.75. The first-order valence-corrected chi connectivity index (χ1v) is 7.62. The summed E-state index contributed by atoms with van der Waals surface area (Å²) in [7, 11) is -3.95. The van der Waals surface area contributed by atoms with E-state index in [2.05, 4.69) is 15.9 Å². The van der Waals surface area contributed by atoms with Crippen molar-refractivity contribution in [1.29, 1.82) is 0 Å². The van der Waals surface area contributed by atoms with Gasteiger partial charge < -0.3 is 10.2 Å². The van der Waals surface area contributed by atoms with E-state index in [0.29, 0.717) is 5.02 Å². The fraction of sp³-hybridized carbons (Fsp3) is 0.300. The molecule has 0 aromatic heterocycles. The van der Waals surface area contributed by atoms with Gasteiger partial charge in [0.2, 0.25) is 10.0 Å². The highest BCUT2D eigenvalue weighted by molar-refractivity contribution is 9.10. The van der Waals surface area contributed by atoms with E-state index in [1.54, 1.807) is 0 Å². The Labute approximate surface area is 123 Å². The van der Waals surface area contributed by atoms with Gasteiger partial charge in [0.15, 0.2) is 5.60 Å². The Hall–Kier alpha value is -0.670. The highest BCUT2D eigenvalue weighted by Crippen LogP contribution is 2.25. The van der Waals surface area contributed by atoms with E-state index in [4.69, 9.17) is 16.7 Å². The van der Waals surface area contributed by atoms with Gasteiger partial charge in [-0.1, -0.05) is 11.6 Å². The van der Waals surface area contributed by atoms with Gasteiger partial charge >= 0.3 is 5.97 Å². The summed E-state index contributed by atoms with van der Waals surface area (Å²) in [5.41, 5.74) is -2.19. The van der Waals surface area contributed by atoms with Crippen LogP contribution in [0.3, 0.4) is 0 Å². The van der Waals surface area contributed by atoms with E-state index in [1.165, 1.54) is 18.2 Å². The zero-order valence-corrected chi connectivity index (χ0v) is 12.9. The number of sulfonamides is 1. The molecule has 1 aromatic rings. The summed E-state index contributed by atoms with van der Waals surface area (Å²) in [6, 6.07) is 4.05. The number of rotatable bonds is 5. The van der Waals surface area contributed by atoms with Crippen LogP contribution < -0.4 is 4.72 Å². The van der Waals surface area contributed by atoms with Crippen LogP contribution in [-0.4, -0.2) is 36.7 Å². The van der Waals surface area contributed by atoms with Crippen molar-refractivity contribution in [3.63, 3.8) is 0 Å². The predicted octanol–water partition coefficient (Wildman–Crippen LogP) is 1.22. The lowest BCUT2D eigenvalue weighted by atomic mass is 10.1. The molecule has 0 bridgehead atoms. The molecule has 6 nitrogen and oxygen atoms in total. The van der Waals surface area contributed by atoms with Crippen molar-refractivity contribution < 1.29 is 23.4 Å². The summed E-state index contributed by atoms with van der Waals surface area (Å²) in [5, 5.41) is 18.5. The largest absolute Gasteiger partial charge is 0.479 e.